The number of hydrogen-bond acceptors (Lipinski definition) is 6. The van der Waals surface area contributed by atoms with Crippen LogP contribution in [0.25, 0.3) is 10.2 Å². The molecule has 0 saturated heterocycles. The highest BCUT2D eigenvalue weighted by Crippen LogP contribution is 2.16. The molecule has 0 bridgehead atoms. The average Bonchev–Trinajstić information content (AvgIpc) is 3.45. The molecule has 1 aromatic carbocycles. The van der Waals surface area contributed by atoms with Gasteiger partial charge in [0.15, 0.2) is 0 Å². The number of aromatic nitrogens is 2. The van der Waals surface area contributed by atoms with E-state index in [0.29, 0.717) is 28.3 Å². The first-order valence-electron chi connectivity index (χ1n) is 9.19. The van der Waals surface area contributed by atoms with Crippen molar-refractivity contribution >= 4 is 27.5 Å². The molecular formula is C21H19N3O5S. The molecule has 3 heterocycles. The summed E-state index contributed by atoms with van der Waals surface area (Å²) < 4.78 is 13.3. The molecule has 4 aromatic rings. The fourth-order valence-electron chi connectivity index (χ4n) is 3.17. The van der Waals surface area contributed by atoms with Crippen LogP contribution in [0.1, 0.15) is 11.3 Å². The summed E-state index contributed by atoms with van der Waals surface area (Å²) in [6.45, 7) is 0.0992. The molecule has 0 radical (unpaired) electrons. The lowest BCUT2D eigenvalue weighted by molar-refractivity contribution is -0.121. The minimum atomic E-state index is -0.557. The number of methoxy groups -OCH3 is 1. The van der Waals surface area contributed by atoms with Gasteiger partial charge in [-0.2, -0.15) is 0 Å². The Bertz CT molecular complexity index is 1300. The number of nitrogens with one attached hydrogen (secondary N) is 1. The van der Waals surface area contributed by atoms with E-state index in [1.807, 2.05) is 24.3 Å². The molecule has 0 atom stereocenters. The number of rotatable bonds is 7. The standard InChI is InChI=1S/C21H19N3O5S/c1-28-15-5-2-4-14(10-15)11-22-18(25)13-23-17-7-9-30-19(17)20(26)24(21(23)27)12-16-6-3-8-29-16/h2-10H,11-13H2,1H3,(H,22,25). The van der Waals surface area contributed by atoms with Crippen molar-refractivity contribution in [2.75, 3.05) is 7.11 Å². The number of carbonyl (C=O) groups is 1. The molecule has 0 spiro atoms. The summed E-state index contributed by atoms with van der Waals surface area (Å²) in [5.41, 5.74) is 0.369. The van der Waals surface area contributed by atoms with Crippen molar-refractivity contribution in [2.24, 2.45) is 0 Å². The number of thiophene rings is 1. The number of benzene rings is 1. The molecule has 0 saturated carbocycles. The Morgan fingerprint density at radius 1 is 1.17 bits per heavy atom. The first-order chi connectivity index (χ1) is 14.6. The maximum Gasteiger partial charge on any atom is 0.332 e. The minimum Gasteiger partial charge on any atom is -0.497 e. The van der Waals surface area contributed by atoms with Crippen molar-refractivity contribution in [2.45, 2.75) is 19.6 Å². The van der Waals surface area contributed by atoms with Gasteiger partial charge in [0.2, 0.25) is 5.91 Å². The van der Waals surface area contributed by atoms with Gasteiger partial charge in [-0.1, -0.05) is 12.1 Å². The second-order valence-electron chi connectivity index (χ2n) is 6.60. The number of amides is 1. The third-order valence-electron chi connectivity index (χ3n) is 4.66. The second-order valence-corrected chi connectivity index (χ2v) is 7.52. The van der Waals surface area contributed by atoms with Crippen molar-refractivity contribution in [1.82, 2.24) is 14.5 Å². The molecular weight excluding hydrogens is 406 g/mol. The van der Waals surface area contributed by atoms with E-state index in [4.69, 9.17) is 9.15 Å². The molecule has 3 aromatic heterocycles. The molecule has 0 fully saturated rings. The van der Waals surface area contributed by atoms with Crippen molar-refractivity contribution < 1.29 is 13.9 Å². The lowest BCUT2D eigenvalue weighted by Crippen LogP contribution is -2.42. The number of carbonyl (C=O) groups excluding carboxylic acids is 1. The van der Waals surface area contributed by atoms with E-state index in [-0.39, 0.29) is 19.0 Å². The third kappa shape index (κ3) is 3.92. The van der Waals surface area contributed by atoms with Crippen molar-refractivity contribution in [3.05, 3.63) is 86.3 Å². The SMILES string of the molecule is COc1cccc(CNC(=O)Cn2c(=O)n(Cc3ccco3)c(=O)c3sccc32)c1. The van der Waals surface area contributed by atoms with Gasteiger partial charge in [0.1, 0.15) is 22.8 Å². The maximum absolute atomic E-state index is 13.0. The number of furan rings is 1. The molecule has 0 unspecified atom stereocenters. The molecule has 154 valence electrons. The second kappa shape index (κ2) is 8.42. The van der Waals surface area contributed by atoms with Crippen LogP contribution in [0.2, 0.25) is 0 Å². The fourth-order valence-corrected chi connectivity index (χ4v) is 4.01. The zero-order valence-electron chi connectivity index (χ0n) is 16.2. The van der Waals surface area contributed by atoms with Crippen molar-refractivity contribution in [3.8, 4) is 5.75 Å². The first kappa shape index (κ1) is 19.7. The summed E-state index contributed by atoms with van der Waals surface area (Å²) in [5, 5.41) is 4.54. The van der Waals surface area contributed by atoms with Crippen LogP contribution in [0, 0.1) is 0 Å². The Labute approximate surface area is 174 Å². The number of fused-ring (bicyclic) bond motifs is 1. The van der Waals surface area contributed by atoms with Crippen LogP contribution in [0.15, 0.2) is 68.1 Å². The van der Waals surface area contributed by atoms with Gasteiger partial charge in [-0.3, -0.25) is 18.7 Å². The van der Waals surface area contributed by atoms with Gasteiger partial charge in [-0.05, 0) is 41.3 Å². The van der Waals surface area contributed by atoms with E-state index >= 15 is 0 Å². The highest BCUT2D eigenvalue weighted by molar-refractivity contribution is 7.17. The molecule has 1 N–H and O–H groups in total. The summed E-state index contributed by atoms with van der Waals surface area (Å²) in [6, 6.07) is 12.4. The molecule has 1 amide bonds. The van der Waals surface area contributed by atoms with Crippen molar-refractivity contribution in [3.63, 3.8) is 0 Å². The Hall–Kier alpha value is -3.59. The van der Waals surface area contributed by atoms with Crippen LogP contribution >= 0.6 is 11.3 Å². The van der Waals surface area contributed by atoms with Crippen LogP contribution in [-0.4, -0.2) is 22.2 Å². The van der Waals surface area contributed by atoms with E-state index < -0.39 is 11.2 Å². The van der Waals surface area contributed by atoms with E-state index in [0.717, 1.165) is 10.1 Å². The molecule has 4 rings (SSSR count). The Morgan fingerprint density at radius 2 is 2.03 bits per heavy atom. The fraction of sp³-hybridized carbons (Fsp3) is 0.190. The summed E-state index contributed by atoms with van der Waals surface area (Å²) in [6.07, 6.45) is 1.48. The summed E-state index contributed by atoms with van der Waals surface area (Å²) >= 11 is 1.24. The smallest absolute Gasteiger partial charge is 0.332 e. The van der Waals surface area contributed by atoms with Crippen LogP contribution in [0.4, 0.5) is 0 Å². The Morgan fingerprint density at radius 3 is 2.80 bits per heavy atom. The van der Waals surface area contributed by atoms with Crippen molar-refractivity contribution in [1.29, 1.82) is 0 Å². The molecule has 9 heteroatoms. The highest BCUT2D eigenvalue weighted by Gasteiger charge is 2.17. The number of hydrogen-bond donors (Lipinski definition) is 1. The largest absolute Gasteiger partial charge is 0.497 e. The molecule has 0 aliphatic carbocycles. The third-order valence-corrected chi connectivity index (χ3v) is 5.55. The van der Waals surface area contributed by atoms with E-state index in [1.54, 1.807) is 30.7 Å². The summed E-state index contributed by atoms with van der Waals surface area (Å²) in [4.78, 5) is 38.3. The van der Waals surface area contributed by atoms with Gasteiger partial charge in [-0.15, -0.1) is 11.3 Å². The Kier molecular flexibility index (Phi) is 5.53. The van der Waals surface area contributed by atoms with Gasteiger partial charge in [0.05, 0.1) is 25.4 Å². The molecule has 8 nitrogen and oxygen atoms in total. The van der Waals surface area contributed by atoms with Gasteiger partial charge < -0.3 is 14.5 Å². The van der Waals surface area contributed by atoms with Crippen LogP contribution in [0.5, 0.6) is 5.75 Å². The van der Waals surface area contributed by atoms with E-state index in [2.05, 4.69) is 5.32 Å². The van der Waals surface area contributed by atoms with Crippen LogP contribution in [-0.2, 0) is 24.4 Å². The minimum absolute atomic E-state index is 0.00390. The van der Waals surface area contributed by atoms with Gasteiger partial charge in [0, 0.05) is 6.54 Å². The van der Waals surface area contributed by atoms with E-state index in [9.17, 15) is 14.4 Å². The monoisotopic (exact) mass is 425 g/mol. The lowest BCUT2D eigenvalue weighted by atomic mass is 10.2. The quantitative estimate of drug-likeness (QED) is 0.490. The molecule has 0 aliphatic rings. The number of nitrogens with zero attached hydrogens (tertiary/aromatic N) is 2. The predicted molar refractivity (Wildman–Crippen MR) is 113 cm³/mol. The predicted octanol–water partition coefficient (Wildman–Crippen LogP) is 2.19. The van der Waals surface area contributed by atoms with E-state index in [1.165, 1.54) is 22.2 Å². The molecule has 0 aliphatic heterocycles. The number of ether oxygens (including phenoxy) is 1. The average molecular weight is 425 g/mol. The normalized spacial score (nSPS) is 11.0. The van der Waals surface area contributed by atoms with Crippen LogP contribution in [0.3, 0.4) is 0 Å². The summed E-state index contributed by atoms with van der Waals surface area (Å²) in [5.74, 6) is 0.845. The van der Waals surface area contributed by atoms with Gasteiger partial charge in [0.25, 0.3) is 5.56 Å². The first-order valence-corrected chi connectivity index (χ1v) is 10.1. The zero-order valence-corrected chi connectivity index (χ0v) is 17.0. The molecule has 30 heavy (non-hydrogen) atoms. The van der Waals surface area contributed by atoms with Gasteiger partial charge in [-0.25, -0.2) is 4.79 Å². The lowest BCUT2D eigenvalue weighted by Gasteiger charge is -2.12. The van der Waals surface area contributed by atoms with Crippen LogP contribution < -0.4 is 21.3 Å². The zero-order chi connectivity index (χ0) is 21.1. The maximum atomic E-state index is 13.0. The summed E-state index contributed by atoms with van der Waals surface area (Å²) in [7, 11) is 1.58. The Balaban J connectivity index is 1.60. The topological polar surface area (TPSA) is 95.5 Å². The van der Waals surface area contributed by atoms with Gasteiger partial charge >= 0.3 is 5.69 Å². The highest BCUT2D eigenvalue weighted by atomic mass is 32.1.